The van der Waals surface area contributed by atoms with Gasteiger partial charge in [-0.05, 0) is 18.4 Å². The Hall–Kier alpha value is -1.88. The van der Waals surface area contributed by atoms with Gasteiger partial charge in [0.25, 0.3) is 0 Å². The lowest BCUT2D eigenvalue weighted by Crippen LogP contribution is -2.42. The first kappa shape index (κ1) is 16.2. The quantitative estimate of drug-likeness (QED) is 0.796. The summed E-state index contributed by atoms with van der Waals surface area (Å²) in [7, 11) is 1.53. The summed E-state index contributed by atoms with van der Waals surface area (Å²) in [6.07, 6.45) is 1.14. The monoisotopic (exact) mass is 278 g/mol. The maximum absolute atomic E-state index is 12.0. The van der Waals surface area contributed by atoms with Gasteiger partial charge in [-0.2, -0.15) is 0 Å². The van der Waals surface area contributed by atoms with Gasteiger partial charge in [0.05, 0.1) is 0 Å². The van der Waals surface area contributed by atoms with E-state index in [-0.39, 0.29) is 18.4 Å². The van der Waals surface area contributed by atoms with Crippen molar-refractivity contribution in [1.82, 2.24) is 4.90 Å². The topological polar surface area (TPSA) is 83.6 Å². The molecule has 1 aromatic carbocycles. The maximum Gasteiger partial charge on any atom is 0.326 e. The minimum absolute atomic E-state index is 0.189. The van der Waals surface area contributed by atoms with E-state index in [0.717, 1.165) is 5.56 Å². The van der Waals surface area contributed by atoms with Gasteiger partial charge in [-0.25, -0.2) is 4.79 Å². The molecule has 2 atom stereocenters. The zero-order chi connectivity index (χ0) is 15.1. The van der Waals surface area contributed by atoms with Crippen LogP contribution in [0.1, 0.15) is 37.8 Å². The number of nitrogens with zero attached hydrogens (tertiary/aromatic N) is 1. The van der Waals surface area contributed by atoms with Gasteiger partial charge in [0.2, 0.25) is 5.91 Å². The largest absolute Gasteiger partial charge is 0.480 e. The van der Waals surface area contributed by atoms with E-state index in [1.54, 1.807) is 6.92 Å². The number of amides is 1. The molecule has 0 spiro atoms. The molecule has 20 heavy (non-hydrogen) atoms. The summed E-state index contributed by atoms with van der Waals surface area (Å²) in [6.45, 7) is 1.75. The zero-order valence-corrected chi connectivity index (χ0v) is 12.0. The maximum atomic E-state index is 12.0. The number of aliphatic carboxylic acids is 1. The SMILES string of the molecule is CCC(C(=O)O)N(C)C(=O)CCC(N)c1ccccc1. The molecule has 1 amide bonds. The summed E-state index contributed by atoms with van der Waals surface area (Å²) >= 11 is 0. The second-order valence-electron chi connectivity index (χ2n) is 4.82. The van der Waals surface area contributed by atoms with Gasteiger partial charge in [0.15, 0.2) is 0 Å². The van der Waals surface area contributed by atoms with Gasteiger partial charge in [-0.1, -0.05) is 37.3 Å². The molecule has 2 unspecified atom stereocenters. The molecule has 0 aliphatic heterocycles. The van der Waals surface area contributed by atoms with Crippen molar-refractivity contribution in [2.24, 2.45) is 5.73 Å². The highest BCUT2D eigenvalue weighted by Gasteiger charge is 2.24. The molecule has 0 saturated carbocycles. The van der Waals surface area contributed by atoms with Crippen LogP contribution in [0.25, 0.3) is 0 Å². The van der Waals surface area contributed by atoms with E-state index in [4.69, 9.17) is 10.8 Å². The predicted octanol–water partition coefficient (Wildman–Crippen LogP) is 1.79. The third-order valence-corrected chi connectivity index (χ3v) is 3.43. The summed E-state index contributed by atoms with van der Waals surface area (Å²) in [5.41, 5.74) is 7.00. The minimum atomic E-state index is -0.976. The van der Waals surface area contributed by atoms with Crippen LogP contribution in [0.5, 0.6) is 0 Å². The van der Waals surface area contributed by atoms with Crippen molar-refractivity contribution in [1.29, 1.82) is 0 Å². The van der Waals surface area contributed by atoms with E-state index in [1.807, 2.05) is 30.3 Å². The van der Waals surface area contributed by atoms with Crippen molar-refractivity contribution < 1.29 is 14.7 Å². The molecular formula is C15H22N2O3. The van der Waals surface area contributed by atoms with Crippen LogP contribution in [0.3, 0.4) is 0 Å². The van der Waals surface area contributed by atoms with E-state index in [9.17, 15) is 9.59 Å². The van der Waals surface area contributed by atoms with E-state index >= 15 is 0 Å². The number of nitrogens with two attached hydrogens (primary N) is 1. The second kappa shape index (κ2) is 7.65. The molecule has 0 heterocycles. The van der Waals surface area contributed by atoms with Crippen LogP contribution >= 0.6 is 0 Å². The van der Waals surface area contributed by atoms with E-state index < -0.39 is 12.0 Å². The molecule has 0 aliphatic carbocycles. The highest BCUT2D eigenvalue weighted by Crippen LogP contribution is 2.16. The number of carboxylic acid groups (broad SMARTS) is 1. The lowest BCUT2D eigenvalue weighted by atomic mass is 10.0. The van der Waals surface area contributed by atoms with Crippen LogP contribution in [0.4, 0.5) is 0 Å². The van der Waals surface area contributed by atoms with E-state index in [0.29, 0.717) is 12.8 Å². The van der Waals surface area contributed by atoms with E-state index in [2.05, 4.69) is 0 Å². The number of rotatable bonds is 7. The van der Waals surface area contributed by atoms with Gasteiger partial charge >= 0.3 is 5.97 Å². The lowest BCUT2D eigenvalue weighted by molar-refractivity contribution is -0.149. The Morgan fingerprint density at radius 3 is 2.40 bits per heavy atom. The molecule has 1 aromatic rings. The molecule has 0 aromatic heterocycles. The van der Waals surface area contributed by atoms with E-state index in [1.165, 1.54) is 11.9 Å². The summed E-state index contributed by atoms with van der Waals surface area (Å²) in [5.74, 6) is -1.17. The number of carbonyl (C=O) groups is 2. The Morgan fingerprint density at radius 1 is 1.30 bits per heavy atom. The normalized spacial score (nSPS) is 13.6. The first-order valence-electron chi connectivity index (χ1n) is 6.76. The molecule has 0 aliphatic rings. The van der Waals surface area contributed by atoms with Crippen molar-refractivity contribution in [3.05, 3.63) is 35.9 Å². The summed E-state index contributed by atoms with van der Waals surface area (Å²) in [6, 6.07) is 8.58. The van der Waals surface area contributed by atoms with Crippen molar-refractivity contribution in [3.63, 3.8) is 0 Å². The fourth-order valence-corrected chi connectivity index (χ4v) is 2.11. The average molecular weight is 278 g/mol. The standard InChI is InChI=1S/C15H22N2O3/c1-3-13(15(19)20)17(2)14(18)10-9-12(16)11-7-5-4-6-8-11/h4-8,12-13H,3,9-10,16H2,1-2H3,(H,19,20). The number of hydrogen-bond acceptors (Lipinski definition) is 3. The zero-order valence-electron chi connectivity index (χ0n) is 12.0. The van der Waals surface area contributed by atoms with Crippen LogP contribution in [0.15, 0.2) is 30.3 Å². The fraction of sp³-hybridized carbons (Fsp3) is 0.467. The second-order valence-corrected chi connectivity index (χ2v) is 4.82. The molecule has 3 N–H and O–H groups in total. The van der Waals surface area contributed by atoms with Crippen molar-refractivity contribution in [2.75, 3.05) is 7.05 Å². The number of carboxylic acids is 1. The van der Waals surface area contributed by atoms with Crippen LogP contribution < -0.4 is 5.73 Å². The molecular weight excluding hydrogens is 256 g/mol. The van der Waals surface area contributed by atoms with Crippen LogP contribution in [-0.4, -0.2) is 35.0 Å². The number of hydrogen-bond donors (Lipinski definition) is 2. The minimum Gasteiger partial charge on any atom is -0.480 e. The average Bonchev–Trinajstić information content (AvgIpc) is 2.45. The molecule has 110 valence electrons. The van der Waals surface area contributed by atoms with Gasteiger partial charge < -0.3 is 15.7 Å². The van der Waals surface area contributed by atoms with Crippen molar-refractivity contribution in [2.45, 2.75) is 38.3 Å². The molecule has 0 fully saturated rings. The molecule has 1 rings (SSSR count). The Morgan fingerprint density at radius 2 is 1.90 bits per heavy atom. The van der Waals surface area contributed by atoms with Crippen molar-refractivity contribution >= 4 is 11.9 Å². The van der Waals surface area contributed by atoms with Crippen LogP contribution in [-0.2, 0) is 9.59 Å². The summed E-state index contributed by atoms with van der Waals surface area (Å²) in [5, 5.41) is 9.03. The molecule has 0 radical (unpaired) electrons. The van der Waals surface area contributed by atoms with Gasteiger partial charge in [0, 0.05) is 19.5 Å². The molecule has 0 saturated heterocycles. The Labute approximate surface area is 119 Å². The first-order chi connectivity index (χ1) is 9.47. The highest BCUT2D eigenvalue weighted by atomic mass is 16.4. The third kappa shape index (κ3) is 4.35. The fourth-order valence-electron chi connectivity index (χ4n) is 2.11. The Kier molecular flexibility index (Phi) is 6.18. The smallest absolute Gasteiger partial charge is 0.326 e. The van der Waals surface area contributed by atoms with Crippen molar-refractivity contribution in [3.8, 4) is 0 Å². The lowest BCUT2D eigenvalue weighted by Gasteiger charge is -2.24. The number of carbonyl (C=O) groups excluding carboxylic acids is 1. The van der Waals surface area contributed by atoms with Crippen LogP contribution in [0.2, 0.25) is 0 Å². The Balaban J connectivity index is 2.52. The highest BCUT2D eigenvalue weighted by molar-refractivity contribution is 5.83. The molecule has 5 heteroatoms. The van der Waals surface area contributed by atoms with Gasteiger partial charge in [-0.3, -0.25) is 4.79 Å². The summed E-state index contributed by atoms with van der Waals surface area (Å²) < 4.78 is 0. The van der Waals surface area contributed by atoms with Gasteiger partial charge in [0.1, 0.15) is 6.04 Å². The predicted molar refractivity (Wildman–Crippen MR) is 77.1 cm³/mol. The molecule has 0 bridgehead atoms. The molecule has 5 nitrogen and oxygen atoms in total. The van der Waals surface area contributed by atoms with Gasteiger partial charge in [-0.15, -0.1) is 0 Å². The van der Waals surface area contributed by atoms with Crippen LogP contribution in [0, 0.1) is 0 Å². The third-order valence-electron chi connectivity index (χ3n) is 3.43. The first-order valence-corrected chi connectivity index (χ1v) is 6.76. The summed E-state index contributed by atoms with van der Waals surface area (Å²) in [4.78, 5) is 24.3. The Bertz CT molecular complexity index is 448. The number of benzene rings is 1. The number of likely N-dealkylation sites (N-methyl/N-ethyl adjacent to an activating group) is 1.